The molecular formula is C17H33NO. The van der Waals surface area contributed by atoms with Gasteiger partial charge in [-0.3, -0.25) is 0 Å². The van der Waals surface area contributed by atoms with Gasteiger partial charge >= 0.3 is 0 Å². The van der Waals surface area contributed by atoms with Gasteiger partial charge in [0.05, 0.1) is 12.7 Å². The van der Waals surface area contributed by atoms with E-state index >= 15 is 0 Å². The van der Waals surface area contributed by atoms with Crippen LogP contribution in [-0.2, 0) is 4.74 Å². The lowest BCUT2D eigenvalue weighted by Gasteiger charge is -2.32. The average Bonchev–Trinajstić information content (AvgIpc) is 2.41. The van der Waals surface area contributed by atoms with E-state index in [1.165, 1.54) is 44.9 Å². The van der Waals surface area contributed by atoms with Crippen LogP contribution in [-0.4, -0.2) is 25.3 Å². The van der Waals surface area contributed by atoms with Gasteiger partial charge in [-0.1, -0.05) is 20.8 Å². The standard InChI is InChI=1S/C17H33NO/c1-13-4-7-16(8-5-13)18-10-11-19-17-9-6-14(2)15(3)12-17/h13-18H,4-12H2,1-3H3. The molecule has 2 heteroatoms. The van der Waals surface area contributed by atoms with Crippen LogP contribution in [0.5, 0.6) is 0 Å². The van der Waals surface area contributed by atoms with Gasteiger partial charge in [-0.25, -0.2) is 0 Å². The maximum Gasteiger partial charge on any atom is 0.0594 e. The molecule has 2 fully saturated rings. The SMILES string of the molecule is CC1CCC(NCCOC2CCC(C)C(C)C2)CC1. The van der Waals surface area contributed by atoms with Crippen molar-refractivity contribution in [3.05, 3.63) is 0 Å². The summed E-state index contributed by atoms with van der Waals surface area (Å²) in [5.74, 6) is 2.67. The summed E-state index contributed by atoms with van der Waals surface area (Å²) in [7, 11) is 0. The Bertz CT molecular complexity index is 248. The molecule has 0 saturated heterocycles. The molecule has 112 valence electrons. The van der Waals surface area contributed by atoms with Gasteiger partial charge in [0.1, 0.15) is 0 Å². The largest absolute Gasteiger partial charge is 0.377 e. The smallest absolute Gasteiger partial charge is 0.0594 e. The monoisotopic (exact) mass is 267 g/mol. The Hall–Kier alpha value is -0.0800. The van der Waals surface area contributed by atoms with E-state index in [1.54, 1.807) is 0 Å². The molecule has 1 N–H and O–H groups in total. The van der Waals surface area contributed by atoms with Crippen molar-refractivity contribution in [2.45, 2.75) is 77.9 Å². The summed E-state index contributed by atoms with van der Waals surface area (Å²) >= 11 is 0. The molecule has 2 aliphatic rings. The minimum Gasteiger partial charge on any atom is -0.377 e. The van der Waals surface area contributed by atoms with Crippen molar-refractivity contribution in [3.8, 4) is 0 Å². The minimum atomic E-state index is 0.527. The van der Waals surface area contributed by atoms with E-state index in [0.717, 1.165) is 36.9 Å². The maximum atomic E-state index is 6.05. The van der Waals surface area contributed by atoms with Crippen molar-refractivity contribution in [1.82, 2.24) is 5.32 Å². The van der Waals surface area contributed by atoms with Gasteiger partial charge in [0, 0.05) is 12.6 Å². The van der Waals surface area contributed by atoms with Crippen molar-refractivity contribution in [2.75, 3.05) is 13.2 Å². The molecule has 0 aliphatic heterocycles. The predicted octanol–water partition coefficient (Wildman–Crippen LogP) is 4.00. The zero-order chi connectivity index (χ0) is 13.7. The topological polar surface area (TPSA) is 21.3 Å². The third-order valence-corrected chi connectivity index (χ3v) is 5.45. The van der Waals surface area contributed by atoms with Crippen LogP contribution in [0.1, 0.15) is 65.7 Å². The molecule has 0 radical (unpaired) electrons. The molecule has 0 heterocycles. The molecule has 0 spiro atoms. The van der Waals surface area contributed by atoms with E-state index in [2.05, 4.69) is 26.1 Å². The zero-order valence-electron chi connectivity index (χ0n) is 13.2. The second-order valence-electron chi connectivity index (χ2n) is 7.17. The first-order chi connectivity index (χ1) is 9.15. The fourth-order valence-corrected chi connectivity index (χ4v) is 3.60. The number of ether oxygens (including phenoxy) is 1. The van der Waals surface area contributed by atoms with Crippen LogP contribution < -0.4 is 5.32 Å². The second kappa shape index (κ2) is 7.64. The lowest BCUT2D eigenvalue weighted by molar-refractivity contribution is 0.00322. The van der Waals surface area contributed by atoms with Crippen LogP contribution in [0, 0.1) is 17.8 Å². The highest BCUT2D eigenvalue weighted by molar-refractivity contribution is 4.77. The average molecular weight is 267 g/mol. The first-order valence-corrected chi connectivity index (χ1v) is 8.50. The summed E-state index contributed by atoms with van der Waals surface area (Å²) in [6.45, 7) is 9.08. The third kappa shape index (κ3) is 5.07. The first kappa shape index (κ1) is 15.3. The molecule has 0 aromatic rings. The summed E-state index contributed by atoms with van der Waals surface area (Å²) in [4.78, 5) is 0. The highest BCUT2D eigenvalue weighted by atomic mass is 16.5. The quantitative estimate of drug-likeness (QED) is 0.760. The van der Waals surface area contributed by atoms with Crippen molar-refractivity contribution < 1.29 is 4.74 Å². The van der Waals surface area contributed by atoms with Gasteiger partial charge < -0.3 is 10.1 Å². The third-order valence-electron chi connectivity index (χ3n) is 5.45. The van der Waals surface area contributed by atoms with E-state index < -0.39 is 0 Å². The van der Waals surface area contributed by atoms with E-state index in [4.69, 9.17) is 4.74 Å². The van der Waals surface area contributed by atoms with Gasteiger partial charge in [-0.15, -0.1) is 0 Å². The Labute approximate surface area is 119 Å². The normalized spacial score (nSPS) is 40.3. The lowest BCUT2D eigenvalue weighted by Crippen LogP contribution is -2.36. The van der Waals surface area contributed by atoms with Crippen LogP contribution in [0.4, 0.5) is 0 Å². The van der Waals surface area contributed by atoms with Crippen molar-refractivity contribution in [2.24, 2.45) is 17.8 Å². The summed E-state index contributed by atoms with van der Waals surface area (Å²) in [6.07, 6.45) is 9.93. The number of hydrogen-bond donors (Lipinski definition) is 1. The van der Waals surface area contributed by atoms with Crippen LogP contribution in [0.15, 0.2) is 0 Å². The van der Waals surface area contributed by atoms with Crippen molar-refractivity contribution in [3.63, 3.8) is 0 Å². The maximum absolute atomic E-state index is 6.05. The molecule has 0 bridgehead atoms. The zero-order valence-corrected chi connectivity index (χ0v) is 13.2. The molecule has 0 amide bonds. The predicted molar refractivity (Wildman–Crippen MR) is 81.3 cm³/mol. The summed E-state index contributed by atoms with van der Waals surface area (Å²) < 4.78 is 6.05. The molecule has 19 heavy (non-hydrogen) atoms. The van der Waals surface area contributed by atoms with Gasteiger partial charge in [0.15, 0.2) is 0 Å². The van der Waals surface area contributed by atoms with Gasteiger partial charge in [0.25, 0.3) is 0 Å². The number of rotatable bonds is 5. The van der Waals surface area contributed by atoms with Gasteiger partial charge in [-0.2, -0.15) is 0 Å². The molecular weight excluding hydrogens is 234 g/mol. The molecule has 2 saturated carbocycles. The molecule has 2 aliphatic carbocycles. The van der Waals surface area contributed by atoms with E-state index in [-0.39, 0.29) is 0 Å². The minimum absolute atomic E-state index is 0.527. The van der Waals surface area contributed by atoms with Gasteiger partial charge in [0.2, 0.25) is 0 Å². The van der Waals surface area contributed by atoms with E-state index in [0.29, 0.717) is 6.10 Å². The van der Waals surface area contributed by atoms with Crippen LogP contribution in [0.3, 0.4) is 0 Å². The molecule has 2 nitrogen and oxygen atoms in total. The first-order valence-electron chi connectivity index (χ1n) is 8.50. The summed E-state index contributed by atoms with van der Waals surface area (Å²) in [5, 5.41) is 3.68. The van der Waals surface area contributed by atoms with Crippen molar-refractivity contribution in [1.29, 1.82) is 0 Å². The fourth-order valence-electron chi connectivity index (χ4n) is 3.60. The number of hydrogen-bond acceptors (Lipinski definition) is 2. The Morgan fingerprint density at radius 1 is 0.895 bits per heavy atom. The molecule has 2 rings (SSSR count). The van der Waals surface area contributed by atoms with Crippen LogP contribution >= 0.6 is 0 Å². The van der Waals surface area contributed by atoms with Crippen molar-refractivity contribution >= 4 is 0 Å². The summed E-state index contributed by atoms with van der Waals surface area (Å²) in [6, 6.07) is 0.755. The summed E-state index contributed by atoms with van der Waals surface area (Å²) in [5.41, 5.74) is 0. The Kier molecular flexibility index (Phi) is 6.15. The fraction of sp³-hybridized carbons (Fsp3) is 1.00. The number of nitrogens with one attached hydrogen (secondary N) is 1. The van der Waals surface area contributed by atoms with Gasteiger partial charge in [-0.05, 0) is 62.7 Å². The molecule has 0 aromatic carbocycles. The van der Waals surface area contributed by atoms with E-state index in [1.807, 2.05) is 0 Å². The second-order valence-corrected chi connectivity index (χ2v) is 7.17. The molecule has 3 unspecified atom stereocenters. The van der Waals surface area contributed by atoms with Crippen LogP contribution in [0.2, 0.25) is 0 Å². The Morgan fingerprint density at radius 3 is 2.32 bits per heavy atom. The molecule has 0 aromatic heterocycles. The Morgan fingerprint density at radius 2 is 1.63 bits per heavy atom. The Balaban J connectivity index is 1.52. The highest BCUT2D eigenvalue weighted by Crippen LogP contribution is 2.30. The highest BCUT2D eigenvalue weighted by Gasteiger charge is 2.24. The van der Waals surface area contributed by atoms with Crippen LogP contribution in [0.25, 0.3) is 0 Å². The lowest BCUT2D eigenvalue weighted by atomic mass is 9.80. The van der Waals surface area contributed by atoms with E-state index in [9.17, 15) is 0 Å². The molecule has 3 atom stereocenters.